The second-order valence-electron chi connectivity index (χ2n) is 2.55. The number of carbonyl (C=O) groups excluding carboxylic acids is 1. The first-order valence-corrected chi connectivity index (χ1v) is 3.97. The number of rotatable bonds is 3. The summed E-state index contributed by atoms with van der Waals surface area (Å²) in [5.41, 5.74) is 1.04. The molecule has 1 rings (SSSR count). The lowest BCUT2D eigenvalue weighted by Crippen LogP contribution is -1.87. The summed E-state index contributed by atoms with van der Waals surface area (Å²) in [6.45, 7) is 0. The molecule has 0 aliphatic rings. The molecule has 0 bridgehead atoms. The van der Waals surface area contributed by atoms with Crippen molar-refractivity contribution in [3.05, 3.63) is 42.0 Å². The quantitative estimate of drug-likeness (QED) is 0.654. The van der Waals surface area contributed by atoms with Gasteiger partial charge in [0, 0.05) is 6.42 Å². The van der Waals surface area contributed by atoms with Crippen LogP contribution in [0.4, 0.5) is 0 Å². The molecule has 2 heteroatoms. The summed E-state index contributed by atoms with van der Waals surface area (Å²) in [7, 11) is 0. The molecule has 0 aliphatic carbocycles. The molecule has 0 aliphatic heterocycles. The van der Waals surface area contributed by atoms with Gasteiger partial charge in [-0.05, 0) is 5.56 Å². The van der Waals surface area contributed by atoms with E-state index in [0.29, 0.717) is 0 Å². The molecule has 2 nitrogen and oxygen atoms in total. The van der Waals surface area contributed by atoms with Crippen LogP contribution in [-0.4, -0.2) is 5.78 Å². The molecule has 0 radical (unpaired) electrons. The van der Waals surface area contributed by atoms with Gasteiger partial charge in [-0.15, -0.1) is 0 Å². The van der Waals surface area contributed by atoms with E-state index in [1.54, 1.807) is 12.1 Å². The van der Waals surface area contributed by atoms with Gasteiger partial charge in [0.25, 0.3) is 0 Å². The summed E-state index contributed by atoms with van der Waals surface area (Å²) in [5, 5.41) is 8.20. The van der Waals surface area contributed by atoms with Gasteiger partial charge in [0.1, 0.15) is 6.07 Å². The van der Waals surface area contributed by atoms with E-state index in [0.717, 1.165) is 5.56 Å². The Morgan fingerprint density at radius 1 is 1.38 bits per heavy atom. The molecule has 0 heterocycles. The second-order valence-corrected chi connectivity index (χ2v) is 2.55. The van der Waals surface area contributed by atoms with Gasteiger partial charge in [0.05, 0.1) is 0 Å². The van der Waals surface area contributed by atoms with E-state index < -0.39 is 5.78 Å². The zero-order valence-electron chi connectivity index (χ0n) is 7.10. The van der Waals surface area contributed by atoms with Gasteiger partial charge in [0.15, 0.2) is 0 Å². The van der Waals surface area contributed by atoms with Crippen LogP contribution in [0.5, 0.6) is 0 Å². The maximum atomic E-state index is 10.6. The van der Waals surface area contributed by atoms with E-state index in [4.69, 9.17) is 5.26 Å². The van der Waals surface area contributed by atoms with Crippen LogP contribution < -0.4 is 0 Å². The highest BCUT2D eigenvalue weighted by atomic mass is 16.1. The summed E-state index contributed by atoms with van der Waals surface area (Å²) in [6, 6.07) is 11.2. The number of benzene rings is 1. The number of nitriles is 1. The Morgan fingerprint density at radius 3 is 2.69 bits per heavy atom. The SMILES string of the molecule is N#CC(=O)C/C=C/c1ccccc1. The largest absolute Gasteiger partial charge is 0.282 e. The van der Waals surface area contributed by atoms with Crippen molar-refractivity contribution in [2.75, 3.05) is 0 Å². The molecule has 0 N–H and O–H groups in total. The van der Waals surface area contributed by atoms with Crippen LogP contribution in [0.15, 0.2) is 36.4 Å². The number of hydrogen-bond acceptors (Lipinski definition) is 2. The topological polar surface area (TPSA) is 40.9 Å². The molecular weight excluding hydrogens is 162 g/mol. The summed E-state index contributed by atoms with van der Waals surface area (Å²) < 4.78 is 0. The minimum Gasteiger partial charge on any atom is -0.282 e. The lowest BCUT2D eigenvalue weighted by atomic mass is 10.2. The monoisotopic (exact) mass is 171 g/mol. The highest BCUT2D eigenvalue weighted by molar-refractivity contribution is 5.94. The molecule has 0 saturated carbocycles. The van der Waals surface area contributed by atoms with Crippen molar-refractivity contribution in [2.45, 2.75) is 6.42 Å². The van der Waals surface area contributed by atoms with Gasteiger partial charge in [-0.25, -0.2) is 0 Å². The van der Waals surface area contributed by atoms with Crippen LogP contribution in [0.1, 0.15) is 12.0 Å². The van der Waals surface area contributed by atoms with Crippen molar-refractivity contribution in [3.8, 4) is 6.07 Å². The van der Waals surface area contributed by atoms with Gasteiger partial charge in [-0.2, -0.15) is 5.26 Å². The van der Waals surface area contributed by atoms with E-state index in [-0.39, 0.29) is 6.42 Å². The van der Waals surface area contributed by atoms with E-state index in [1.807, 2.05) is 36.4 Å². The maximum Gasteiger partial charge on any atom is 0.235 e. The highest BCUT2D eigenvalue weighted by Gasteiger charge is 1.92. The predicted molar refractivity (Wildman–Crippen MR) is 50.7 cm³/mol. The Balaban J connectivity index is 2.51. The van der Waals surface area contributed by atoms with Gasteiger partial charge in [-0.3, -0.25) is 4.79 Å². The van der Waals surface area contributed by atoms with Crippen molar-refractivity contribution in [1.82, 2.24) is 0 Å². The Bertz CT molecular complexity index is 346. The third-order valence-corrected chi connectivity index (χ3v) is 1.54. The van der Waals surface area contributed by atoms with Crippen molar-refractivity contribution >= 4 is 11.9 Å². The Labute approximate surface area is 77.1 Å². The minimum atomic E-state index is -0.410. The number of Topliss-reactive ketones (excluding diaryl/α,β-unsaturated/α-hetero) is 1. The molecular formula is C11H9NO. The van der Waals surface area contributed by atoms with Gasteiger partial charge < -0.3 is 0 Å². The fraction of sp³-hybridized carbons (Fsp3) is 0.0909. The van der Waals surface area contributed by atoms with Crippen molar-refractivity contribution in [1.29, 1.82) is 5.26 Å². The molecule has 1 aromatic carbocycles. The number of ketones is 1. The molecule has 0 amide bonds. The molecule has 0 fully saturated rings. The van der Waals surface area contributed by atoms with Crippen LogP contribution in [0.2, 0.25) is 0 Å². The van der Waals surface area contributed by atoms with Crippen LogP contribution >= 0.6 is 0 Å². The molecule has 1 aromatic rings. The lowest BCUT2D eigenvalue weighted by Gasteiger charge is -1.89. The number of hydrogen-bond donors (Lipinski definition) is 0. The van der Waals surface area contributed by atoms with Crippen molar-refractivity contribution in [2.24, 2.45) is 0 Å². The standard InChI is InChI=1S/C11H9NO/c12-9-11(13)8-4-7-10-5-2-1-3-6-10/h1-7H,8H2/b7-4+. The number of carbonyl (C=O) groups is 1. The minimum absolute atomic E-state index is 0.186. The summed E-state index contributed by atoms with van der Waals surface area (Å²) in [4.78, 5) is 10.6. The fourth-order valence-corrected chi connectivity index (χ4v) is 0.912. The van der Waals surface area contributed by atoms with Gasteiger partial charge in [-0.1, -0.05) is 42.5 Å². The average Bonchev–Trinajstić information content (AvgIpc) is 2.19. The highest BCUT2D eigenvalue weighted by Crippen LogP contribution is 2.01. The normalized spacial score (nSPS) is 9.77. The molecule has 13 heavy (non-hydrogen) atoms. The van der Waals surface area contributed by atoms with E-state index in [2.05, 4.69) is 0 Å². The first kappa shape index (κ1) is 9.21. The zero-order chi connectivity index (χ0) is 9.52. The van der Waals surface area contributed by atoms with Gasteiger partial charge >= 0.3 is 0 Å². The average molecular weight is 171 g/mol. The lowest BCUT2D eigenvalue weighted by molar-refractivity contribution is -0.113. The first-order valence-electron chi connectivity index (χ1n) is 3.97. The van der Waals surface area contributed by atoms with Crippen molar-refractivity contribution in [3.63, 3.8) is 0 Å². The van der Waals surface area contributed by atoms with Crippen LogP contribution in [0, 0.1) is 11.3 Å². The third-order valence-electron chi connectivity index (χ3n) is 1.54. The zero-order valence-corrected chi connectivity index (χ0v) is 7.10. The van der Waals surface area contributed by atoms with Crippen LogP contribution in [0.25, 0.3) is 6.08 Å². The van der Waals surface area contributed by atoms with E-state index in [9.17, 15) is 4.79 Å². The van der Waals surface area contributed by atoms with Crippen LogP contribution in [0.3, 0.4) is 0 Å². The Morgan fingerprint density at radius 2 is 2.08 bits per heavy atom. The Kier molecular flexibility index (Phi) is 3.46. The summed E-state index contributed by atoms with van der Waals surface area (Å²) >= 11 is 0. The summed E-state index contributed by atoms with van der Waals surface area (Å²) in [6.07, 6.45) is 3.71. The molecule has 0 unspecified atom stereocenters. The van der Waals surface area contributed by atoms with Crippen molar-refractivity contribution < 1.29 is 4.79 Å². The van der Waals surface area contributed by atoms with E-state index >= 15 is 0 Å². The fourth-order valence-electron chi connectivity index (χ4n) is 0.912. The third kappa shape index (κ3) is 3.35. The number of nitrogens with zero attached hydrogens (tertiary/aromatic N) is 1. The molecule has 0 spiro atoms. The van der Waals surface area contributed by atoms with Crippen LogP contribution in [-0.2, 0) is 4.79 Å². The number of allylic oxidation sites excluding steroid dienone is 1. The molecule has 0 aromatic heterocycles. The first-order chi connectivity index (χ1) is 6.33. The second kappa shape index (κ2) is 4.89. The molecule has 0 atom stereocenters. The summed E-state index contributed by atoms with van der Waals surface area (Å²) in [5.74, 6) is -0.410. The van der Waals surface area contributed by atoms with Gasteiger partial charge in [0.2, 0.25) is 5.78 Å². The maximum absolute atomic E-state index is 10.6. The molecule has 64 valence electrons. The molecule has 0 saturated heterocycles. The Hall–Kier alpha value is -1.88. The predicted octanol–water partition coefficient (Wildman–Crippen LogP) is 2.18. The smallest absolute Gasteiger partial charge is 0.235 e. The van der Waals surface area contributed by atoms with E-state index in [1.165, 1.54) is 0 Å².